The third-order valence-corrected chi connectivity index (χ3v) is 3.43. The van der Waals surface area contributed by atoms with Crippen LogP contribution in [0.1, 0.15) is 30.1 Å². The molecule has 9 heteroatoms. The summed E-state index contributed by atoms with van der Waals surface area (Å²) in [6, 6.07) is 4.52. The molecule has 1 aliphatic rings. The van der Waals surface area contributed by atoms with Gasteiger partial charge in [0.2, 0.25) is 11.8 Å². The minimum absolute atomic E-state index is 0.0790. The minimum atomic E-state index is -0.884. The maximum absolute atomic E-state index is 12.0. The van der Waals surface area contributed by atoms with Crippen molar-refractivity contribution in [1.82, 2.24) is 16.0 Å². The topological polar surface area (TPSA) is 130 Å². The van der Waals surface area contributed by atoms with Crippen molar-refractivity contribution in [2.75, 3.05) is 6.54 Å². The smallest absolute Gasteiger partial charge is 0.270 e. The summed E-state index contributed by atoms with van der Waals surface area (Å²) in [7, 11) is 0. The van der Waals surface area contributed by atoms with Gasteiger partial charge in [-0.05, 0) is 25.8 Å². The molecule has 0 unspecified atom stereocenters. The van der Waals surface area contributed by atoms with E-state index >= 15 is 0 Å². The summed E-state index contributed by atoms with van der Waals surface area (Å²) in [5, 5.41) is 18.3. The van der Waals surface area contributed by atoms with Crippen LogP contribution in [0.25, 0.3) is 0 Å². The number of nitro groups is 1. The molecule has 1 aliphatic carbocycles. The number of amides is 3. The van der Waals surface area contributed by atoms with Crippen LogP contribution in [0, 0.1) is 10.1 Å². The fourth-order valence-corrected chi connectivity index (χ4v) is 1.93. The van der Waals surface area contributed by atoms with E-state index in [-0.39, 0.29) is 29.7 Å². The highest BCUT2D eigenvalue weighted by Crippen LogP contribution is 2.18. The molecule has 1 atom stereocenters. The van der Waals surface area contributed by atoms with Crippen LogP contribution in [-0.4, -0.2) is 41.3 Å². The minimum Gasteiger partial charge on any atom is -0.352 e. The van der Waals surface area contributed by atoms with Crippen molar-refractivity contribution < 1.29 is 19.3 Å². The van der Waals surface area contributed by atoms with Crippen LogP contribution in [-0.2, 0) is 9.59 Å². The Bertz CT molecular complexity index is 672. The molecule has 0 heterocycles. The molecule has 0 aliphatic heterocycles. The zero-order valence-corrected chi connectivity index (χ0v) is 13.1. The van der Waals surface area contributed by atoms with Crippen LogP contribution >= 0.6 is 0 Å². The summed E-state index contributed by atoms with van der Waals surface area (Å²) < 4.78 is 0. The molecule has 1 fully saturated rings. The van der Waals surface area contributed by atoms with Gasteiger partial charge in [-0.15, -0.1) is 0 Å². The van der Waals surface area contributed by atoms with Crippen molar-refractivity contribution in [3.8, 4) is 0 Å². The second-order valence-electron chi connectivity index (χ2n) is 5.56. The summed E-state index contributed by atoms with van der Waals surface area (Å²) in [5.41, 5.74) is -0.133. The largest absolute Gasteiger partial charge is 0.352 e. The van der Waals surface area contributed by atoms with Gasteiger partial charge < -0.3 is 16.0 Å². The Kier molecular flexibility index (Phi) is 5.46. The molecule has 9 nitrogen and oxygen atoms in total. The first-order valence-electron chi connectivity index (χ1n) is 7.49. The van der Waals surface area contributed by atoms with Crippen LogP contribution in [0.3, 0.4) is 0 Å². The normalized spacial score (nSPS) is 14.4. The molecular formula is C15H18N4O5. The van der Waals surface area contributed by atoms with Crippen molar-refractivity contribution in [2.45, 2.75) is 31.8 Å². The number of non-ortho nitro benzene ring substituents is 1. The van der Waals surface area contributed by atoms with E-state index in [9.17, 15) is 24.5 Å². The zero-order valence-electron chi connectivity index (χ0n) is 13.1. The average Bonchev–Trinajstić information content (AvgIpc) is 3.36. The van der Waals surface area contributed by atoms with Gasteiger partial charge in [0, 0.05) is 23.7 Å². The number of benzene rings is 1. The molecule has 3 amide bonds. The molecule has 2 rings (SSSR count). The van der Waals surface area contributed by atoms with Gasteiger partial charge in [0.25, 0.3) is 11.6 Å². The number of nitrogens with one attached hydrogen (secondary N) is 3. The Balaban J connectivity index is 1.83. The summed E-state index contributed by atoms with van der Waals surface area (Å²) in [5.74, 6) is -1.40. The molecule has 0 saturated heterocycles. The van der Waals surface area contributed by atoms with E-state index in [2.05, 4.69) is 16.0 Å². The van der Waals surface area contributed by atoms with Gasteiger partial charge in [0.15, 0.2) is 0 Å². The van der Waals surface area contributed by atoms with Crippen LogP contribution in [0.15, 0.2) is 24.3 Å². The van der Waals surface area contributed by atoms with E-state index in [0.29, 0.717) is 0 Å². The number of nitrogens with zero attached hydrogens (tertiary/aromatic N) is 1. The Hall–Kier alpha value is -2.97. The lowest BCUT2D eigenvalue weighted by molar-refractivity contribution is -0.384. The Morgan fingerprint density at radius 2 is 2.04 bits per heavy atom. The van der Waals surface area contributed by atoms with E-state index in [0.717, 1.165) is 18.9 Å². The van der Waals surface area contributed by atoms with E-state index in [1.807, 2.05) is 0 Å². The number of carbonyl (C=O) groups is 3. The molecule has 1 aromatic carbocycles. The van der Waals surface area contributed by atoms with Crippen molar-refractivity contribution >= 4 is 23.4 Å². The summed E-state index contributed by atoms with van der Waals surface area (Å²) in [4.78, 5) is 45.5. The van der Waals surface area contributed by atoms with Gasteiger partial charge in [-0.25, -0.2) is 0 Å². The quantitative estimate of drug-likeness (QED) is 0.481. The van der Waals surface area contributed by atoms with E-state index < -0.39 is 22.8 Å². The SMILES string of the molecule is C[C@H](NC(=O)c1cccc([N+](=O)[O-])c1)C(=O)NCC(=O)NC1CC1. The van der Waals surface area contributed by atoms with Gasteiger partial charge in [-0.2, -0.15) is 0 Å². The standard InChI is InChI=1S/C15H18N4O5/c1-9(14(21)16-8-13(20)18-11-5-6-11)17-15(22)10-3-2-4-12(7-10)19(23)24/h2-4,7,9,11H,5-6,8H2,1H3,(H,16,21)(H,17,22)(H,18,20)/t9-/m0/s1. The first-order chi connectivity index (χ1) is 11.4. The third-order valence-electron chi connectivity index (χ3n) is 3.43. The Labute approximate surface area is 137 Å². The summed E-state index contributed by atoms with van der Waals surface area (Å²) >= 11 is 0. The zero-order chi connectivity index (χ0) is 17.7. The average molecular weight is 334 g/mol. The van der Waals surface area contributed by atoms with Crippen molar-refractivity contribution in [3.05, 3.63) is 39.9 Å². The fourth-order valence-electron chi connectivity index (χ4n) is 1.93. The van der Waals surface area contributed by atoms with Gasteiger partial charge in [-0.3, -0.25) is 24.5 Å². The molecule has 3 N–H and O–H groups in total. The lowest BCUT2D eigenvalue weighted by atomic mass is 10.1. The Morgan fingerprint density at radius 1 is 1.33 bits per heavy atom. The first kappa shape index (κ1) is 17.4. The second-order valence-corrected chi connectivity index (χ2v) is 5.56. The molecule has 128 valence electrons. The van der Waals surface area contributed by atoms with Gasteiger partial charge in [0.1, 0.15) is 6.04 Å². The lowest BCUT2D eigenvalue weighted by Crippen LogP contribution is -2.47. The Morgan fingerprint density at radius 3 is 2.67 bits per heavy atom. The number of carbonyl (C=O) groups excluding carboxylic acids is 3. The lowest BCUT2D eigenvalue weighted by Gasteiger charge is -2.14. The highest BCUT2D eigenvalue weighted by atomic mass is 16.6. The number of hydrogen-bond acceptors (Lipinski definition) is 5. The monoisotopic (exact) mass is 334 g/mol. The highest BCUT2D eigenvalue weighted by Gasteiger charge is 2.24. The van der Waals surface area contributed by atoms with Crippen LogP contribution in [0.5, 0.6) is 0 Å². The van der Waals surface area contributed by atoms with Crippen molar-refractivity contribution in [3.63, 3.8) is 0 Å². The third kappa shape index (κ3) is 5.04. The molecule has 1 aromatic rings. The molecule has 0 bridgehead atoms. The molecular weight excluding hydrogens is 316 g/mol. The highest BCUT2D eigenvalue weighted by molar-refractivity contribution is 5.98. The molecule has 0 radical (unpaired) electrons. The summed E-state index contributed by atoms with van der Waals surface area (Å²) in [6.07, 6.45) is 1.91. The van der Waals surface area contributed by atoms with E-state index in [1.54, 1.807) is 0 Å². The van der Waals surface area contributed by atoms with Crippen LogP contribution < -0.4 is 16.0 Å². The van der Waals surface area contributed by atoms with Gasteiger partial charge in [-0.1, -0.05) is 6.07 Å². The van der Waals surface area contributed by atoms with Gasteiger partial charge >= 0.3 is 0 Å². The number of hydrogen-bond donors (Lipinski definition) is 3. The maximum Gasteiger partial charge on any atom is 0.270 e. The number of rotatable bonds is 7. The van der Waals surface area contributed by atoms with Gasteiger partial charge in [0.05, 0.1) is 11.5 Å². The molecule has 0 spiro atoms. The van der Waals surface area contributed by atoms with Crippen molar-refractivity contribution in [2.24, 2.45) is 0 Å². The predicted molar refractivity (Wildman–Crippen MR) is 84.2 cm³/mol. The van der Waals surface area contributed by atoms with E-state index in [1.165, 1.54) is 25.1 Å². The fraction of sp³-hybridized carbons (Fsp3) is 0.400. The second kappa shape index (κ2) is 7.53. The van der Waals surface area contributed by atoms with Crippen molar-refractivity contribution in [1.29, 1.82) is 0 Å². The first-order valence-corrected chi connectivity index (χ1v) is 7.49. The predicted octanol–water partition coefficient (Wildman–Crippen LogP) is 0.108. The summed E-state index contributed by atoms with van der Waals surface area (Å²) in [6.45, 7) is 1.30. The molecule has 0 aromatic heterocycles. The van der Waals surface area contributed by atoms with Crippen LogP contribution in [0.2, 0.25) is 0 Å². The number of nitro benzene ring substituents is 1. The molecule has 24 heavy (non-hydrogen) atoms. The molecule has 1 saturated carbocycles. The van der Waals surface area contributed by atoms with Crippen LogP contribution in [0.4, 0.5) is 5.69 Å². The maximum atomic E-state index is 12.0. The van der Waals surface area contributed by atoms with E-state index in [4.69, 9.17) is 0 Å².